The van der Waals surface area contributed by atoms with Gasteiger partial charge in [-0.3, -0.25) is 9.52 Å². The molecule has 0 spiro atoms. The zero-order valence-electron chi connectivity index (χ0n) is 14.6. The number of amides is 1. The highest BCUT2D eigenvalue weighted by Gasteiger charge is 2.30. The number of ether oxygens (including phenoxy) is 1. The van der Waals surface area contributed by atoms with Gasteiger partial charge in [0, 0.05) is 23.7 Å². The number of methoxy groups -OCH3 is 1. The van der Waals surface area contributed by atoms with E-state index in [2.05, 4.69) is 4.72 Å². The summed E-state index contributed by atoms with van der Waals surface area (Å²) in [7, 11) is -2.38. The highest BCUT2D eigenvalue weighted by atomic mass is 35.5. The first-order chi connectivity index (χ1) is 12.2. The number of fused-ring (bicyclic) bond motifs is 1. The lowest BCUT2D eigenvalue weighted by molar-refractivity contribution is -0.116. The maximum Gasteiger partial charge on any atom is 0.262 e. The van der Waals surface area contributed by atoms with Crippen molar-refractivity contribution in [3.63, 3.8) is 0 Å². The minimum atomic E-state index is -3.83. The summed E-state index contributed by atoms with van der Waals surface area (Å²) in [6.07, 6.45) is 0.610. The number of hydrogen-bond donors (Lipinski definition) is 1. The van der Waals surface area contributed by atoms with Crippen molar-refractivity contribution in [1.29, 1.82) is 0 Å². The summed E-state index contributed by atoms with van der Waals surface area (Å²) in [4.78, 5) is 13.6. The normalized spacial score (nSPS) is 16.3. The van der Waals surface area contributed by atoms with Crippen LogP contribution in [0.3, 0.4) is 0 Å². The lowest BCUT2D eigenvalue weighted by Gasteiger charge is -2.20. The van der Waals surface area contributed by atoms with E-state index in [0.29, 0.717) is 17.2 Å². The zero-order chi connectivity index (χ0) is 19.1. The van der Waals surface area contributed by atoms with Gasteiger partial charge >= 0.3 is 0 Å². The molecule has 0 unspecified atom stereocenters. The van der Waals surface area contributed by atoms with Crippen molar-refractivity contribution in [2.24, 2.45) is 0 Å². The van der Waals surface area contributed by atoms with Crippen LogP contribution in [0.2, 0.25) is 5.02 Å². The molecule has 2 aromatic carbocycles. The molecule has 1 N–H and O–H groups in total. The van der Waals surface area contributed by atoms with Crippen molar-refractivity contribution in [1.82, 2.24) is 0 Å². The first-order valence-corrected chi connectivity index (χ1v) is 9.88. The third-order valence-electron chi connectivity index (χ3n) is 4.32. The van der Waals surface area contributed by atoms with Crippen LogP contribution in [0.5, 0.6) is 5.75 Å². The Bertz CT molecular complexity index is 975. The van der Waals surface area contributed by atoms with Crippen LogP contribution in [0.4, 0.5) is 11.4 Å². The molecule has 138 valence electrons. The van der Waals surface area contributed by atoms with E-state index in [1.54, 1.807) is 29.2 Å². The van der Waals surface area contributed by atoms with E-state index in [9.17, 15) is 13.2 Å². The first kappa shape index (κ1) is 18.5. The Hall–Kier alpha value is -2.25. The average Bonchev–Trinajstić information content (AvgIpc) is 2.89. The van der Waals surface area contributed by atoms with E-state index in [1.807, 2.05) is 6.92 Å². The molecule has 1 heterocycles. The predicted octanol–water partition coefficient (Wildman–Crippen LogP) is 3.45. The van der Waals surface area contributed by atoms with Crippen molar-refractivity contribution >= 4 is 38.9 Å². The molecule has 0 aromatic heterocycles. The van der Waals surface area contributed by atoms with Crippen LogP contribution in [0.1, 0.15) is 19.4 Å². The number of nitrogens with one attached hydrogen (secondary N) is 1. The molecule has 1 aliphatic heterocycles. The van der Waals surface area contributed by atoms with Crippen molar-refractivity contribution in [2.45, 2.75) is 31.2 Å². The largest absolute Gasteiger partial charge is 0.495 e. The summed E-state index contributed by atoms with van der Waals surface area (Å²) in [5, 5.41) is 0.392. The molecule has 0 bridgehead atoms. The third-order valence-corrected chi connectivity index (χ3v) is 5.92. The predicted molar refractivity (Wildman–Crippen MR) is 102 cm³/mol. The average molecular weight is 395 g/mol. The molecule has 0 fully saturated rings. The lowest BCUT2D eigenvalue weighted by Crippen LogP contribution is -2.33. The molecule has 0 aliphatic carbocycles. The standard InChI is InChI=1S/C18H19ClN2O4S/c1-11-8-13-9-15(5-6-17(13)21(11)12(2)22)26(23,24)20-16-10-14(19)4-7-18(16)25-3/h4-7,9-11,20H,8H2,1-3H3/t11-/m1/s1. The monoisotopic (exact) mass is 394 g/mol. The lowest BCUT2D eigenvalue weighted by atomic mass is 10.1. The van der Waals surface area contributed by atoms with E-state index in [4.69, 9.17) is 16.3 Å². The SMILES string of the molecule is COc1ccc(Cl)cc1NS(=O)(=O)c1ccc2c(c1)C[C@@H](C)N2C(C)=O. The van der Waals surface area contributed by atoms with Crippen molar-refractivity contribution in [2.75, 3.05) is 16.7 Å². The topological polar surface area (TPSA) is 75.7 Å². The summed E-state index contributed by atoms with van der Waals surface area (Å²) in [6, 6.07) is 9.47. The number of sulfonamides is 1. The summed E-state index contributed by atoms with van der Waals surface area (Å²) < 4.78 is 33.3. The van der Waals surface area contributed by atoms with Crippen molar-refractivity contribution < 1.29 is 17.9 Å². The second-order valence-electron chi connectivity index (χ2n) is 6.18. The van der Waals surface area contributed by atoms with Gasteiger partial charge in [0.15, 0.2) is 0 Å². The second kappa shape index (κ2) is 6.81. The molecular formula is C18H19ClN2O4S. The van der Waals surface area contributed by atoms with Gasteiger partial charge in [-0.2, -0.15) is 0 Å². The van der Waals surface area contributed by atoms with Gasteiger partial charge in [0.25, 0.3) is 10.0 Å². The Balaban J connectivity index is 1.96. The van der Waals surface area contributed by atoms with E-state index in [0.717, 1.165) is 11.3 Å². The zero-order valence-corrected chi connectivity index (χ0v) is 16.2. The van der Waals surface area contributed by atoms with Gasteiger partial charge in [-0.15, -0.1) is 0 Å². The van der Waals surface area contributed by atoms with Crippen LogP contribution in [-0.4, -0.2) is 27.5 Å². The number of nitrogens with zero attached hydrogens (tertiary/aromatic N) is 1. The minimum absolute atomic E-state index is 0.00133. The Morgan fingerprint density at radius 3 is 2.65 bits per heavy atom. The summed E-state index contributed by atoms with van der Waals surface area (Å²) in [5.74, 6) is 0.309. The fraction of sp³-hybridized carbons (Fsp3) is 0.278. The highest BCUT2D eigenvalue weighted by molar-refractivity contribution is 7.92. The number of anilines is 2. The molecule has 1 amide bonds. The van der Waals surface area contributed by atoms with Gasteiger partial charge in [-0.25, -0.2) is 8.42 Å². The molecule has 6 nitrogen and oxygen atoms in total. The summed E-state index contributed by atoms with van der Waals surface area (Å²) >= 11 is 5.96. The van der Waals surface area contributed by atoms with E-state index < -0.39 is 10.0 Å². The molecule has 0 saturated carbocycles. The Morgan fingerprint density at radius 1 is 1.27 bits per heavy atom. The number of carbonyl (C=O) groups is 1. The quantitative estimate of drug-likeness (QED) is 0.861. The summed E-state index contributed by atoms with van der Waals surface area (Å²) in [5.41, 5.74) is 1.84. The van der Waals surface area contributed by atoms with Gasteiger partial charge in [0.2, 0.25) is 5.91 Å². The molecule has 1 atom stereocenters. The number of benzene rings is 2. The van der Waals surface area contributed by atoms with E-state index in [1.165, 1.54) is 26.2 Å². The summed E-state index contributed by atoms with van der Waals surface area (Å²) in [6.45, 7) is 3.44. The molecule has 8 heteroatoms. The Morgan fingerprint density at radius 2 is 2.00 bits per heavy atom. The Labute approximate surface area is 157 Å². The van der Waals surface area contributed by atoms with Crippen LogP contribution in [0, 0.1) is 0 Å². The fourth-order valence-electron chi connectivity index (χ4n) is 3.22. The van der Waals surface area contributed by atoms with Gasteiger partial charge in [-0.05, 0) is 55.3 Å². The van der Waals surface area contributed by atoms with Crippen LogP contribution in [0.15, 0.2) is 41.3 Å². The number of carbonyl (C=O) groups excluding carboxylic acids is 1. The molecule has 0 radical (unpaired) electrons. The van der Waals surface area contributed by atoms with Crippen molar-refractivity contribution in [3.8, 4) is 5.75 Å². The molecular weight excluding hydrogens is 376 g/mol. The Kier molecular flexibility index (Phi) is 4.86. The highest BCUT2D eigenvalue weighted by Crippen LogP contribution is 2.35. The second-order valence-corrected chi connectivity index (χ2v) is 8.30. The van der Waals surface area contributed by atoms with E-state index in [-0.39, 0.29) is 22.5 Å². The van der Waals surface area contributed by atoms with Crippen LogP contribution < -0.4 is 14.4 Å². The first-order valence-electron chi connectivity index (χ1n) is 8.02. The maximum absolute atomic E-state index is 12.8. The number of hydrogen-bond acceptors (Lipinski definition) is 4. The van der Waals surface area contributed by atoms with Gasteiger partial charge < -0.3 is 9.64 Å². The van der Waals surface area contributed by atoms with Gasteiger partial charge in [0.1, 0.15) is 5.75 Å². The van der Waals surface area contributed by atoms with Gasteiger partial charge in [-0.1, -0.05) is 11.6 Å². The van der Waals surface area contributed by atoms with E-state index >= 15 is 0 Å². The minimum Gasteiger partial charge on any atom is -0.495 e. The van der Waals surface area contributed by atoms with Crippen molar-refractivity contribution in [3.05, 3.63) is 47.0 Å². The number of rotatable bonds is 4. The van der Waals surface area contributed by atoms with Crippen LogP contribution in [0.25, 0.3) is 0 Å². The van der Waals surface area contributed by atoms with Crippen LogP contribution in [-0.2, 0) is 21.2 Å². The smallest absolute Gasteiger partial charge is 0.262 e. The number of halogens is 1. The molecule has 3 rings (SSSR count). The molecule has 1 aliphatic rings. The van der Waals surface area contributed by atoms with Gasteiger partial charge in [0.05, 0.1) is 17.7 Å². The fourth-order valence-corrected chi connectivity index (χ4v) is 4.50. The molecule has 26 heavy (non-hydrogen) atoms. The molecule has 2 aromatic rings. The maximum atomic E-state index is 12.8. The van der Waals surface area contributed by atoms with Crippen LogP contribution >= 0.6 is 11.6 Å². The molecule has 0 saturated heterocycles. The third kappa shape index (κ3) is 3.37.